The third-order valence-corrected chi connectivity index (χ3v) is 14.6. The summed E-state index contributed by atoms with van der Waals surface area (Å²) in [6.45, 7) is 4.88. The second kappa shape index (κ2) is 9.82. The highest BCUT2D eigenvalue weighted by atomic mass is 32.1. The smallest absolute Gasteiger partial charge is 0.162 e. The van der Waals surface area contributed by atoms with E-state index >= 15 is 0 Å². The van der Waals surface area contributed by atoms with Gasteiger partial charge in [-0.15, -0.1) is 11.3 Å². The molecule has 10 rings (SSSR count). The fourth-order valence-corrected chi connectivity index (χ4v) is 12.3. The first kappa shape index (κ1) is 26.8. The topological polar surface area (TPSA) is 30.7 Å². The van der Waals surface area contributed by atoms with Gasteiger partial charge in [0, 0.05) is 42.1 Å². The lowest BCUT2D eigenvalue weighted by atomic mass is 10.1. The SMILES string of the molecule is C[Si]1(C)c2ccccc2-c2nc(-c3ccccc3-n3c4ccccc4c4c5c(ccc43)sc3ccccc35)nc(-c3ccccc3)c21. The van der Waals surface area contributed by atoms with Crippen LogP contribution in [0.5, 0.6) is 0 Å². The fraction of sp³-hybridized carbons (Fsp3) is 0.0476. The van der Waals surface area contributed by atoms with Crippen molar-refractivity contribution in [3.05, 3.63) is 140 Å². The van der Waals surface area contributed by atoms with Gasteiger partial charge in [0.05, 0.1) is 28.1 Å². The van der Waals surface area contributed by atoms with Crippen molar-refractivity contribution in [3.63, 3.8) is 0 Å². The lowest BCUT2D eigenvalue weighted by Crippen LogP contribution is -2.50. The van der Waals surface area contributed by atoms with Gasteiger partial charge in [0.15, 0.2) is 5.82 Å². The van der Waals surface area contributed by atoms with E-state index in [1.165, 1.54) is 57.9 Å². The molecule has 47 heavy (non-hydrogen) atoms. The average molecular weight is 636 g/mol. The molecule has 9 aromatic rings. The number of fused-ring (bicyclic) bond motifs is 10. The summed E-state index contributed by atoms with van der Waals surface area (Å²) in [4.78, 5) is 11.0. The summed E-state index contributed by atoms with van der Waals surface area (Å²) in [7, 11) is -2.04. The minimum absolute atomic E-state index is 0.757. The molecule has 4 heterocycles. The maximum absolute atomic E-state index is 5.49. The van der Waals surface area contributed by atoms with E-state index in [-0.39, 0.29) is 0 Å². The van der Waals surface area contributed by atoms with Gasteiger partial charge < -0.3 is 4.57 Å². The molecule has 0 N–H and O–H groups in total. The number of para-hydroxylation sites is 2. The molecule has 222 valence electrons. The zero-order chi connectivity index (χ0) is 31.3. The first-order valence-electron chi connectivity index (χ1n) is 16.1. The van der Waals surface area contributed by atoms with Crippen molar-refractivity contribution in [1.29, 1.82) is 0 Å². The Hall–Kier alpha value is -5.36. The van der Waals surface area contributed by atoms with Crippen LogP contribution in [0.25, 0.3) is 81.6 Å². The Bertz CT molecular complexity index is 2720. The molecule has 3 aromatic heterocycles. The van der Waals surface area contributed by atoms with Crippen molar-refractivity contribution in [2.45, 2.75) is 13.1 Å². The number of rotatable bonds is 3. The zero-order valence-corrected chi connectivity index (χ0v) is 27.8. The van der Waals surface area contributed by atoms with Gasteiger partial charge in [0.2, 0.25) is 0 Å². The summed E-state index contributed by atoms with van der Waals surface area (Å²) in [5.74, 6) is 0.757. The maximum Gasteiger partial charge on any atom is 0.162 e. The van der Waals surface area contributed by atoms with Gasteiger partial charge >= 0.3 is 0 Å². The van der Waals surface area contributed by atoms with Gasteiger partial charge in [-0.2, -0.15) is 0 Å². The molecule has 0 bridgehead atoms. The molecule has 1 aliphatic rings. The summed E-state index contributed by atoms with van der Waals surface area (Å²) in [6, 6.07) is 50.4. The molecule has 0 spiro atoms. The molecule has 0 unspecified atom stereocenters. The molecule has 5 heteroatoms. The quantitative estimate of drug-likeness (QED) is 0.181. The van der Waals surface area contributed by atoms with Crippen molar-refractivity contribution < 1.29 is 0 Å². The first-order valence-corrected chi connectivity index (χ1v) is 19.9. The molecule has 0 aliphatic carbocycles. The van der Waals surface area contributed by atoms with Gasteiger partial charge in [0.25, 0.3) is 0 Å². The highest BCUT2D eigenvalue weighted by molar-refractivity contribution is 7.26. The van der Waals surface area contributed by atoms with E-state index < -0.39 is 8.07 Å². The summed E-state index contributed by atoms with van der Waals surface area (Å²) < 4.78 is 5.06. The zero-order valence-electron chi connectivity index (χ0n) is 26.0. The predicted octanol–water partition coefficient (Wildman–Crippen LogP) is 10.1. The Morgan fingerprint density at radius 1 is 0.532 bits per heavy atom. The van der Waals surface area contributed by atoms with Crippen molar-refractivity contribution >= 4 is 71.8 Å². The molecular weight excluding hydrogens is 607 g/mol. The summed E-state index contributed by atoms with van der Waals surface area (Å²) in [6.07, 6.45) is 0. The van der Waals surface area contributed by atoms with Crippen molar-refractivity contribution in [2.75, 3.05) is 0 Å². The number of hydrogen-bond donors (Lipinski definition) is 0. The van der Waals surface area contributed by atoms with Gasteiger partial charge in [-0.1, -0.05) is 116 Å². The van der Waals surface area contributed by atoms with Crippen LogP contribution in [0.2, 0.25) is 13.1 Å². The van der Waals surface area contributed by atoms with Gasteiger partial charge in [-0.25, -0.2) is 9.97 Å². The van der Waals surface area contributed by atoms with Gasteiger partial charge in [0.1, 0.15) is 8.07 Å². The van der Waals surface area contributed by atoms with E-state index in [2.05, 4.69) is 157 Å². The van der Waals surface area contributed by atoms with Crippen LogP contribution in [0.1, 0.15) is 0 Å². The van der Waals surface area contributed by atoms with Crippen LogP contribution in [0.4, 0.5) is 0 Å². The van der Waals surface area contributed by atoms with Crippen molar-refractivity contribution in [1.82, 2.24) is 14.5 Å². The Kier molecular flexibility index (Phi) is 5.60. The molecule has 1 aliphatic heterocycles. The molecule has 0 amide bonds. The van der Waals surface area contributed by atoms with Crippen LogP contribution in [-0.4, -0.2) is 22.6 Å². The van der Waals surface area contributed by atoms with Crippen LogP contribution >= 0.6 is 11.3 Å². The first-order chi connectivity index (χ1) is 23.1. The van der Waals surface area contributed by atoms with E-state index in [1.807, 2.05) is 11.3 Å². The largest absolute Gasteiger partial charge is 0.308 e. The maximum atomic E-state index is 5.49. The summed E-state index contributed by atoms with van der Waals surface area (Å²) >= 11 is 1.87. The highest BCUT2D eigenvalue weighted by Gasteiger charge is 2.41. The van der Waals surface area contributed by atoms with Crippen LogP contribution in [0.15, 0.2) is 140 Å². The Morgan fingerprint density at radius 3 is 2.09 bits per heavy atom. The highest BCUT2D eigenvalue weighted by Crippen LogP contribution is 2.44. The molecule has 3 nitrogen and oxygen atoms in total. The van der Waals surface area contributed by atoms with Crippen LogP contribution in [-0.2, 0) is 0 Å². The van der Waals surface area contributed by atoms with Gasteiger partial charge in [-0.05, 0) is 52.3 Å². The van der Waals surface area contributed by atoms with E-state index in [1.54, 1.807) is 0 Å². The molecule has 0 saturated heterocycles. The fourth-order valence-electron chi connectivity index (χ4n) is 7.93. The average Bonchev–Trinajstić information content (AvgIpc) is 3.74. The van der Waals surface area contributed by atoms with Gasteiger partial charge in [-0.3, -0.25) is 0 Å². The number of hydrogen-bond acceptors (Lipinski definition) is 3. The summed E-state index contributed by atoms with van der Waals surface area (Å²) in [5, 5.41) is 7.96. The third-order valence-electron chi connectivity index (χ3n) is 10.00. The van der Waals surface area contributed by atoms with Crippen LogP contribution < -0.4 is 10.4 Å². The number of thiophene rings is 1. The monoisotopic (exact) mass is 635 g/mol. The van der Waals surface area contributed by atoms with E-state index in [4.69, 9.17) is 9.97 Å². The van der Waals surface area contributed by atoms with Crippen LogP contribution in [0, 0.1) is 0 Å². The second-order valence-electron chi connectivity index (χ2n) is 13.0. The van der Waals surface area contributed by atoms with Crippen molar-refractivity contribution in [3.8, 4) is 39.6 Å². The second-order valence-corrected chi connectivity index (χ2v) is 18.3. The Balaban J connectivity index is 1.30. The van der Waals surface area contributed by atoms with E-state index in [0.29, 0.717) is 0 Å². The van der Waals surface area contributed by atoms with Crippen LogP contribution in [0.3, 0.4) is 0 Å². The van der Waals surface area contributed by atoms with Crippen molar-refractivity contribution in [2.24, 2.45) is 0 Å². The lowest BCUT2D eigenvalue weighted by Gasteiger charge is -2.22. The summed E-state index contributed by atoms with van der Waals surface area (Å²) in [5.41, 5.74) is 9.02. The predicted molar refractivity (Wildman–Crippen MR) is 202 cm³/mol. The number of nitrogens with zero attached hydrogens (tertiary/aromatic N) is 3. The normalized spacial score (nSPS) is 13.5. The van der Waals surface area contributed by atoms with E-state index in [9.17, 15) is 0 Å². The molecule has 0 saturated carbocycles. The Labute approximate surface area is 277 Å². The minimum atomic E-state index is -2.04. The number of benzene rings is 6. The third kappa shape index (κ3) is 3.72. The molecular formula is C42H29N3SSi. The molecule has 6 aromatic carbocycles. The standard InChI is InChI=1S/C42H29N3SSi/c1-47(2)36-23-13-9-19-30(36)40-41(47)39(26-14-4-3-5-15-26)43-42(44-40)28-17-7-11-21-32(28)45-31-20-10-6-16-27(31)37-33(45)24-25-35-38(37)29-18-8-12-22-34(29)46-35/h3-25H,1-2H3. The lowest BCUT2D eigenvalue weighted by molar-refractivity contribution is 1.14. The molecule has 0 atom stereocenters. The molecule has 0 fully saturated rings. The minimum Gasteiger partial charge on any atom is -0.308 e. The molecule has 0 radical (unpaired) electrons. The van der Waals surface area contributed by atoms with E-state index in [0.717, 1.165) is 34.0 Å². The Morgan fingerprint density at radius 2 is 1.21 bits per heavy atom. The number of aromatic nitrogens is 3.